The molecular formula is C31H26ClF3N2O2. The van der Waals surface area contributed by atoms with Gasteiger partial charge < -0.3 is 14.3 Å². The van der Waals surface area contributed by atoms with E-state index in [2.05, 4.69) is 22.0 Å². The molecule has 5 aromatic rings. The maximum Gasteiger partial charge on any atom is 0.417 e. The summed E-state index contributed by atoms with van der Waals surface area (Å²) in [5, 5.41) is 3.32. The maximum absolute atomic E-state index is 13.8. The second-order valence-electron chi connectivity index (χ2n) is 9.56. The molecule has 0 aliphatic heterocycles. The number of alkyl halides is 3. The molecule has 39 heavy (non-hydrogen) atoms. The van der Waals surface area contributed by atoms with Gasteiger partial charge in [0, 0.05) is 36.0 Å². The number of halogens is 4. The van der Waals surface area contributed by atoms with Crippen molar-refractivity contribution in [1.82, 2.24) is 9.88 Å². The molecule has 0 spiro atoms. The number of furan rings is 1. The first-order chi connectivity index (χ1) is 18.7. The third-order valence-corrected chi connectivity index (χ3v) is 7.13. The zero-order chi connectivity index (χ0) is 27.6. The third-order valence-electron chi connectivity index (χ3n) is 6.80. The van der Waals surface area contributed by atoms with Crippen LogP contribution in [0.15, 0.2) is 95.7 Å². The SMILES string of the molecule is Cc1ccc(Cn2cc(C(CC(=O)NCc3ccco3)c3ccc(Cl)c(C(F)(F)F)c3)c3ccccc32)cc1. The molecule has 0 bridgehead atoms. The number of nitrogens with one attached hydrogen (secondary N) is 1. The number of nitrogens with zero attached hydrogens (tertiary/aromatic N) is 1. The molecular weight excluding hydrogens is 525 g/mol. The van der Waals surface area contributed by atoms with Gasteiger partial charge in [0.15, 0.2) is 0 Å². The lowest BCUT2D eigenvalue weighted by Gasteiger charge is -2.19. The Balaban J connectivity index is 1.57. The minimum atomic E-state index is -4.63. The van der Waals surface area contributed by atoms with Crippen LogP contribution in [-0.2, 0) is 24.1 Å². The summed E-state index contributed by atoms with van der Waals surface area (Å²) < 4.78 is 48.7. The smallest absolute Gasteiger partial charge is 0.417 e. The lowest BCUT2D eigenvalue weighted by molar-refractivity contribution is -0.137. The summed E-state index contributed by atoms with van der Waals surface area (Å²) in [5.41, 5.74) is 3.37. The van der Waals surface area contributed by atoms with Crippen molar-refractivity contribution in [2.45, 2.75) is 38.5 Å². The van der Waals surface area contributed by atoms with Gasteiger partial charge in [-0.15, -0.1) is 0 Å². The van der Waals surface area contributed by atoms with Crippen LogP contribution in [0, 0.1) is 6.92 Å². The molecule has 1 unspecified atom stereocenters. The van der Waals surface area contributed by atoms with Crippen molar-refractivity contribution in [2.24, 2.45) is 0 Å². The number of rotatable bonds is 8. The van der Waals surface area contributed by atoms with Crippen LogP contribution in [0.3, 0.4) is 0 Å². The Morgan fingerprint density at radius 2 is 1.79 bits per heavy atom. The highest BCUT2D eigenvalue weighted by molar-refractivity contribution is 6.31. The number of amides is 1. The Morgan fingerprint density at radius 3 is 2.51 bits per heavy atom. The van der Waals surface area contributed by atoms with Gasteiger partial charge in [0.2, 0.25) is 5.91 Å². The second-order valence-corrected chi connectivity index (χ2v) is 9.97. The molecule has 5 rings (SSSR count). The summed E-state index contributed by atoms with van der Waals surface area (Å²) in [6.07, 6.45) is -1.23. The number of aryl methyl sites for hydroxylation is 1. The quantitative estimate of drug-likeness (QED) is 0.212. The Labute approximate surface area is 229 Å². The van der Waals surface area contributed by atoms with Crippen LogP contribution in [0.5, 0.6) is 0 Å². The van der Waals surface area contributed by atoms with Gasteiger partial charge in [0.1, 0.15) is 5.76 Å². The van der Waals surface area contributed by atoms with E-state index < -0.39 is 17.7 Å². The minimum absolute atomic E-state index is 0.0574. The average Bonchev–Trinajstić information content (AvgIpc) is 3.56. The molecule has 2 heterocycles. The number of hydrogen-bond donors (Lipinski definition) is 1. The van der Waals surface area contributed by atoms with Crippen LogP contribution < -0.4 is 5.32 Å². The topological polar surface area (TPSA) is 47.2 Å². The minimum Gasteiger partial charge on any atom is -0.467 e. The number of hydrogen-bond acceptors (Lipinski definition) is 2. The van der Waals surface area contributed by atoms with Crippen molar-refractivity contribution < 1.29 is 22.4 Å². The van der Waals surface area contributed by atoms with Crippen molar-refractivity contribution in [3.63, 3.8) is 0 Å². The highest BCUT2D eigenvalue weighted by atomic mass is 35.5. The Bertz CT molecular complexity index is 1590. The largest absolute Gasteiger partial charge is 0.467 e. The molecule has 1 amide bonds. The van der Waals surface area contributed by atoms with Gasteiger partial charge in [0.05, 0.1) is 23.4 Å². The lowest BCUT2D eigenvalue weighted by atomic mass is 9.87. The molecule has 0 fully saturated rings. The average molecular weight is 551 g/mol. The molecule has 200 valence electrons. The Morgan fingerprint density at radius 1 is 1.03 bits per heavy atom. The number of benzene rings is 3. The van der Waals surface area contributed by atoms with Crippen LogP contribution in [0.2, 0.25) is 5.02 Å². The zero-order valence-corrected chi connectivity index (χ0v) is 21.9. The van der Waals surface area contributed by atoms with Crippen molar-refractivity contribution in [3.8, 4) is 0 Å². The second kappa shape index (κ2) is 11.0. The van der Waals surface area contributed by atoms with Crippen molar-refractivity contribution in [2.75, 3.05) is 0 Å². The molecule has 0 radical (unpaired) electrons. The predicted molar refractivity (Wildman–Crippen MR) is 146 cm³/mol. The summed E-state index contributed by atoms with van der Waals surface area (Å²) in [4.78, 5) is 13.1. The normalized spacial score (nSPS) is 12.5. The summed E-state index contributed by atoms with van der Waals surface area (Å²) in [6, 6.07) is 23.2. The van der Waals surface area contributed by atoms with E-state index in [0.717, 1.165) is 33.7 Å². The van der Waals surface area contributed by atoms with Gasteiger partial charge in [-0.25, -0.2) is 0 Å². The number of fused-ring (bicyclic) bond motifs is 1. The predicted octanol–water partition coefficient (Wildman–Crippen LogP) is 8.10. The summed E-state index contributed by atoms with van der Waals surface area (Å²) >= 11 is 5.93. The number of carbonyl (C=O) groups is 1. The Hall–Kier alpha value is -3.97. The maximum atomic E-state index is 13.8. The highest BCUT2D eigenvalue weighted by Gasteiger charge is 2.34. The standard InChI is InChI=1S/C31H26ClF3N2O2/c1-20-8-10-21(11-9-20)18-37-19-26(24-6-2-3-7-29(24)37)25(16-30(38)36-17-23-5-4-14-39-23)22-12-13-28(32)27(15-22)31(33,34)35/h2-15,19,25H,16-18H2,1H3,(H,36,38). The van der Waals surface area contributed by atoms with Crippen LogP contribution in [0.1, 0.15) is 45.9 Å². The van der Waals surface area contributed by atoms with Gasteiger partial charge >= 0.3 is 6.18 Å². The van der Waals surface area contributed by atoms with Gasteiger partial charge in [-0.1, -0.05) is 65.7 Å². The van der Waals surface area contributed by atoms with Crippen molar-refractivity contribution in [1.29, 1.82) is 0 Å². The van der Waals surface area contributed by atoms with E-state index in [-0.39, 0.29) is 23.9 Å². The van der Waals surface area contributed by atoms with E-state index in [4.69, 9.17) is 16.0 Å². The molecule has 8 heteroatoms. The fourth-order valence-corrected chi connectivity index (χ4v) is 5.04. The molecule has 1 N–H and O–H groups in total. The molecule has 0 aliphatic rings. The first-order valence-electron chi connectivity index (χ1n) is 12.5. The first kappa shape index (κ1) is 26.6. The lowest BCUT2D eigenvalue weighted by Crippen LogP contribution is -2.25. The summed E-state index contributed by atoms with van der Waals surface area (Å²) in [5.74, 6) is -0.375. The first-order valence-corrected chi connectivity index (χ1v) is 12.9. The van der Waals surface area contributed by atoms with Gasteiger partial charge in [-0.2, -0.15) is 13.2 Å². The van der Waals surface area contributed by atoms with Crippen LogP contribution in [-0.4, -0.2) is 10.5 Å². The zero-order valence-electron chi connectivity index (χ0n) is 21.1. The van der Waals surface area contributed by atoms with Gasteiger partial charge in [-0.05, 0) is 53.9 Å². The van der Waals surface area contributed by atoms with Crippen LogP contribution >= 0.6 is 11.6 Å². The van der Waals surface area contributed by atoms with E-state index >= 15 is 0 Å². The molecule has 1 atom stereocenters. The molecule has 2 aromatic heterocycles. The van der Waals surface area contributed by atoms with E-state index in [1.165, 1.54) is 12.3 Å². The number of aromatic nitrogens is 1. The van der Waals surface area contributed by atoms with E-state index in [9.17, 15) is 18.0 Å². The molecule has 0 saturated carbocycles. The number of carbonyl (C=O) groups excluding carboxylic acids is 1. The van der Waals surface area contributed by atoms with Crippen LogP contribution in [0.25, 0.3) is 10.9 Å². The summed E-state index contributed by atoms with van der Waals surface area (Å²) in [7, 11) is 0. The van der Waals surface area contributed by atoms with E-state index in [0.29, 0.717) is 17.9 Å². The van der Waals surface area contributed by atoms with Crippen LogP contribution in [0.4, 0.5) is 13.2 Å². The molecule has 4 nitrogen and oxygen atoms in total. The molecule has 3 aromatic carbocycles. The Kier molecular flexibility index (Phi) is 7.53. The fraction of sp³-hybridized carbons (Fsp3) is 0.194. The molecule has 0 saturated heterocycles. The van der Waals surface area contributed by atoms with E-state index in [1.807, 2.05) is 49.5 Å². The fourth-order valence-electron chi connectivity index (χ4n) is 4.81. The monoisotopic (exact) mass is 550 g/mol. The van der Waals surface area contributed by atoms with E-state index in [1.54, 1.807) is 18.2 Å². The highest BCUT2D eigenvalue weighted by Crippen LogP contribution is 2.40. The summed E-state index contributed by atoms with van der Waals surface area (Å²) in [6.45, 7) is 2.78. The molecule has 0 aliphatic carbocycles. The van der Waals surface area contributed by atoms with Gasteiger partial charge in [0.25, 0.3) is 0 Å². The number of para-hydroxylation sites is 1. The van der Waals surface area contributed by atoms with Crippen molar-refractivity contribution in [3.05, 3.63) is 130 Å². The van der Waals surface area contributed by atoms with Gasteiger partial charge in [-0.3, -0.25) is 4.79 Å². The van der Waals surface area contributed by atoms with Crippen molar-refractivity contribution >= 4 is 28.4 Å². The third kappa shape index (κ3) is 6.04.